The fourth-order valence-corrected chi connectivity index (χ4v) is 2.22. The molecule has 0 spiro atoms. The molecule has 0 aliphatic rings. The molecule has 0 saturated heterocycles. The summed E-state index contributed by atoms with van der Waals surface area (Å²) in [5.41, 5.74) is 1.01. The molecule has 0 saturated carbocycles. The van der Waals surface area contributed by atoms with Gasteiger partial charge in [0.25, 0.3) is 5.91 Å². The van der Waals surface area contributed by atoms with Crippen molar-refractivity contribution in [1.82, 2.24) is 15.5 Å². The van der Waals surface area contributed by atoms with Gasteiger partial charge in [0, 0.05) is 22.7 Å². The average molecular weight is 235 g/mol. The molecular formula is C11H13N3OS. The Kier molecular flexibility index (Phi) is 3.05. The molecule has 0 atom stereocenters. The van der Waals surface area contributed by atoms with Crippen molar-refractivity contribution in [2.24, 2.45) is 0 Å². The third-order valence-electron chi connectivity index (χ3n) is 2.03. The molecule has 0 bridgehead atoms. The summed E-state index contributed by atoms with van der Waals surface area (Å²) in [4.78, 5) is 13.5. The van der Waals surface area contributed by atoms with Crippen molar-refractivity contribution in [2.75, 3.05) is 0 Å². The van der Waals surface area contributed by atoms with Gasteiger partial charge in [0.2, 0.25) is 0 Å². The Morgan fingerprint density at radius 3 is 2.94 bits per heavy atom. The average Bonchev–Trinajstić information content (AvgIpc) is 2.87. The summed E-state index contributed by atoms with van der Waals surface area (Å²) < 4.78 is 0. The van der Waals surface area contributed by atoms with E-state index in [1.54, 1.807) is 6.20 Å². The minimum Gasteiger partial charge on any atom is -0.349 e. The topological polar surface area (TPSA) is 57.8 Å². The number of H-pyrrole nitrogens is 1. The number of thiophene rings is 1. The van der Waals surface area contributed by atoms with Crippen LogP contribution in [-0.4, -0.2) is 22.1 Å². The van der Waals surface area contributed by atoms with Gasteiger partial charge in [-0.2, -0.15) is 5.10 Å². The molecule has 84 valence electrons. The van der Waals surface area contributed by atoms with Crippen LogP contribution in [0.5, 0.6) is 0 Å². The molecule has 0 aliphatic carbocycles. The van der Waals surface area contributed by atoms with Crippen molar-refractivity contribution < 1.29 is 4.79 Å². The highest BCUT2D eigenvalue weighted by Crippen LogP contribution is 2.27. The van der Waals surface area contributed by atoms with Crippen molar-refractivity contribution in [3.05, 3.63) is 29.4 Å². The molecule has 5 heteroatoms. The van der Waals surface area contributed by atoms with Crippen LogP contribution in [-0.2, 0) is 0 Å². The fraction of sp³-hybridized carbons (Fsp3) is 0.273. The van der Waals surface area contributed by atoms with Crippen LogP contribution >= 0.6 is 11.3 Å². The number of amides is 1. The number of hydrogen-bond acceptors (Lipinski definition) is 3. The molecule has 2 heterocycles. The Morgan fingerprint density at radius 1 is 1.50 bits per heavy atom. The maximum atomic E-state index is 11.7. The van der Waals surface area contributed by atoms with Gasteiger partial charge in [0.1, 0.15) is 0 Å². The first kappa shape index (κ1) is 10.9. The van der Waals surface area contributed by atoms with Gasteiger partial charge < -0.3 is 5.32 Å². The van der Waals surface area contributed by atoms with Crippen molar-refractivity contribution >= 4 is 17.2 Å². The predicted molar refractivity (Wildman–Crippen MR) is 64.5 cm³/mol. The zero-order valence-corrected chi connectivity index (χ0v) is 9.97. The number of nitrogens with one attached hydrogen (secondary N) is 2. The third kappa shape index (κ3) is 2.30. The molecule has 2 aromatic rings. The van der Waals surface area contributed by atoms with E-state index < -0.39 is 0 Å². The first-order chi connectivity index (χ1) is 7.66. The number of nitrogens with zero attached hydrogens (tertiary/aromatic N) is 1. The number of aromatic amines is 1. The number of rotatable bonds is 3. The summed E-state index contributed by atoms with van der Waals surface area (Å²) >= 11 is 1.47. The van der Waals surface area contributed by atoms with Gasteiger partial charge in [-0.3, -0.25) is 9.89 Å². The standard InChI is InChI=1S/C11H13N3OS/c1-7(2)14-11(15)10-4-3-9(16-10)8-5-12-13-6-8/h3-7H,1-2H3,(H,12,13)(H,14,15). The molecule has 0 unspecified atom stereocenters. The van der Waals surface area contributed by atoms with Crippen molar-refractivity contribution in [2.45, 2.75) is 19.9 Å². The summed E-state index contributed by atoms with van der Waals surface area (Å²) in [7, 11) is 0. The Labute approximate surface area is 97.7 Å². The van der Waals surface area contributed by atoms with E-state index in [-0.39, 0.29) is 11.9 Å². The number of aromatic nitrogens is 2. The lowest BCUT2D eigenvalue weighted by molar-refractivity contribution is 0.0947. The third-order valence-corrected chi connectivity index (χ3v) is 3.17. The quantitative estimate of drug-likeness (QED) is 0.857. The van der Waals surface area contributed by atoms with E-state index in [9.17, 15) is 4.79 Å². The van der Waals surface area contributed by atoms with E-state index in [1.807, 2.05) is 32.2 Å². The van der Waals surface area contributed by atoms with Gasteiger partial charge in [-0.05, 0) is 26.0 Å². The van der Waals surface area contributed by atoms with Crippen LogP contribution in [0.2, 0.25) is 0 Å². The van der Waals surface area contributed by atoms with Crippen LogP contribution in [0.15, 0.2) is 24.5 Å². The van der Waals surface area contributed by atoms with Gasteiger partial charge in [-0.15, -0.1) is 11.3 Å². The summed E-state index contributed by atoms with van der Waals surface area (Å²) in [5, 5.41) is 9.50. The zero-order chi connectivity index (χ0) is 11.5. The molecule has 2 aromatic heterocycles. The highest BCUT2D eigenvalue weighted by molar-refractivity contribution is 7.17. The number of carbonyl (C=O) groups excluding carboxylic acids is 1. The fourth-order valence-electron chi connectivity index (χ4n) is 1.33. The first-order valence-electron chi connectivity index (χ1n) is 5.06. The van der Waals surface area contributed by atoms with Crippen molar-refractivity contribution in [3.8, 4) is 10.4 Å². The lowest BCUT2D eigenvalue weighted by Crippen LogP contribution is -2.29. The molecule has 2 rings (SSSR count). The van der Waals surface area contributed by atoms with Gasteiger partial charge >= 0.3 is 0 Å². The number of carbonyl (C=O) groups is 1. The molecular weight excluding hydrogens is 222 g/mol. The van der Waals surface area contributed by atoms with Crippen LogP contribution in [0, 0.1) is 0 Å². The lowest BCUT2D eigenvalue weighted by Gasteiger charge is -2.05. The van der Waals surface area contributed by atoms with Crippen LogP contribution in [0.4, 0.5) is 0 Å². The van der Waals surface area contributed by atoms with Crippen molar-refractivity contribution in [3.63, 3.8) is 0 Å². The second-order valence-corrected chi connectivity index (χ2v) is 4.86. The van der Waals surface area contributed by atoms with Gasteiger partial charge in [-0.1, -0.05) is 0 Å². The van der Waals surface area contributed by atoms with E-state index >= 15 is 0 Å². The molecule has 2 N–H and O–H groups in total. The van der Waals surface area contributed by atoms with Gasteiger partial charge in [0.05, 0.1) is 11.1 Å². The van der Waals surface area contributed by atoms with Crippen LogP contribution in [0.3, 0.4) is 0 Å². The van der Waals surface area contributed by atoms with E-state index in [2.05, 4.69) is 15.5 Å². The normalized spacial score (nSPS) is 10.7. The van der Waals surface area contributed by atoms with E-state index in [4.69, 9.17) is 0 Å². The minimum absolute atomic E-state index is 0.0188. The smallest absolute Gasteiger partial charge is 0.261 e. The molecule has 0 fully saturated rings. The maximum absolute atomic E-state index is 11.7. The monoisotopic (exact) mass is 235 g/mol. The summed E-state index contributed by atoms with van der Waals surface area (Å²) in [6.45, 7) is 3.89. The molecule has 4 nitrogen and oxygen atoms in total. The predicted octanol–water partition coefficient (Wildman–Crippen LogP) is 2.28. The second kappa shape index (κ2) is 4.49. The van der Waals surface area contributed by atoms with Gasteiger partial charge in [-0.25, -0.2) is 0 Å². The minimum atomic E-state index is -0.0188. The van der Waals surface area contributed by atoms with E-state index in [0.29, 0.717) is 0 Å². The zero-order valence-electron chi connectivity index (χ0n) is 9.15. The van der Waals surface area contributed by atoms with Gasteiger partial charge in [0.15, 0.2) is 0 Å². The maximum Gasteiger partial charge on any atom is 0.261 e. The van der Waals surface area contributed by atoms with E-state index in [0.717, 1.165) is 15.3 Å². The van der Waals surface area contributed by atoms with Crippen molar-refractivity contribution in [1.29, 1.82) is 0 Å². The number of hydrogen-bond donors (Lipinski definition) is 2. The molecule has 0 aliphatic heterocycles. The molecule has 16 heavy (non-hydrogen) atoms. The molecule has 0 aromatic carbocycles. The second-order valence-electron chi connectivity index (χ2n) is 3.78. The summed E-state index contributed by atoms with van der Waals surface area (Å²) in [6, 6.07) is 3.93. The SMILES string of the molecule is CC(C)NC(=O)c1ccc(-c2cn[nH]c2)s1. The van der Waals surface area contributed by atoms with Crippen LogP contribution < -0.4 is 5.32 Å². The Morgan fingerprint density at radius 2 is 2.31 bits per heavy atom. The Balaban J connectivity index is 2.17. The summed E-state index contributed by atoms with van der Waals surface area (Å²) in [6.07, 6.45) is 3.56. The Hall–Kier alpha value is -1.62. The molecule has 0 radical (unpaired) electrons. The highest BCUT2D eigenvalue weighted by Gasteiger charge is 2.11. The first-order valence-corrected chi connectivity index (χ1v) is 5.88. The van der Waals surface area contributed by atoms with E-state index in [1.165, 1.54) is 11.3 Å². The van der Waals surface area contributed by atoms with Crippen LogP contribution in [0.1, 0.15) is 23.5 Å². The highest BCUT2D eigenvalue weighted by atomic mass is 32.1. The summed E-state index contributed by atoms with van der Waals surface area (Å²) in [5.74, 6) is -0.0188. The largest absolute Gasteiger partial charge is 0.349 e. The molecule has 1 amide bonds. The van der Waals surface area contributed by atoms with Crippen LogP contribution in [0.25, 0.3) is 10.4 Å². The Bertz CT molecular complexity index is 473. The lowest BCUT2D eigenvalue weighted by atomic mass is 10.3.